The van der Waals surface area contributed by atoms with Gasteiger partial charge in [0.05, 0.1) is 0 Å². The fourth-order valence-electron chi connectivity index (χ4n) is 2.71. The molecule has 18 heavy (non-hydrogen) atoms. The predicted molar refractivity (Wildman–Crippen MR) is 70.8 cm³/mol. The molecule has 0 aliphatic heterocycles. The van der Waals surface area contributed by atoms with E-state index in [-0.39, 0.29) is 0 Å². The molecule has 1 aliphatic carbocycles. The van der Waals surface area contributed by atoms with Crippen LogP contribution in [0.1, 0.15) is 49.7 Å². The molecule has 0 nitrogen and oxygen atoms in total. The number of hydrogen-bond donors (Lipinski definition) is 0. The Morgan fingerprint density at radius 3 is 2.28 bits per heavy atom. The molecule has 1 saturated carbocycles. The molecule has 0 heterocycles. The van der Waals surface area contributed by atoms with Gasteiger partial charge in [-0.25, -0.2) is 0 Å². The van der Waals surface area contributed by atoms with Gasteiger partial charge in [0.2, 0.25) is 0 Å². The van der Waals surface area contributed by atoms with E-state index in [0.29, 0.717) is 12.3 Å². The topological polar surface area (TPSA) is 0 Å². The first-order valence-corrected chi connectivity index (χ1v) is 6.75. The zero-order valence-electron chi connectivity index (χ0n) is 10.8. The second kappa shape index (κ2) is 6.12. The van der Waals surface area contributed by atoms with E-state index < -0.39 is 6.08 Å². The number of rotatable bonds is 3. The molecule has 2 heteroatoms. The molecule has 1 aromatic carbocycles. The first kappa shape index (κ1) is 13.3. The van der Waals surface area contributed by atoms with Gasteiger partial charge in [0, 0.05) is 0 Å². The summed E-state index contributed by atoms with van der Waals surface area (Å²) in [6, 6.07) is 8.18. The van der Waals surface area contributed by atoms with Crippen molar-refractivity contribution in [3.05, 3.63) is 47.5 Å². The van der Waals surface area contributed by atoms with Crippen molar-refractivity contribution < 1.29 is 8.78 Å². The van der Waals surface area contributed by atoms with Crippen molar-refractivity contribution in [2.24, 2.45) is 5.92 Å². The molecule has 0 saturated heterocycles. The highest BCUT2D eigenvalue weighted by molar-refractivity contribution is 5.27. The first-order valence-electron chi connectivity index (χ1n) is 6.75. The zero-order chi connectivity index (χ0) is 13.0. The zero-order valence-corrected chi connectivity index (χ0v) is 10.8. The van der Waals surface area contributed by atoms with Gasteiger partial charge in [-0.2, -0.15) is 8.78 Å². The van der Waals surface area contributed by atoms with Crippen LogP contribution in [0.15, 0.2) is 36.4 Å². The van der Waals surface area contributed by atoms with Crippen molar-refractivity contribution in [1.29, 1.82) is 0 Å². The van der Waals surface area contributed by atoms with E-state index in [2.05, 4.69) is 19.1 Å². The molecule has 0 aromatic heterocycles. The van der Waals surface area contributed by atoms with Crippen molar-refractivity contribution in [3.8, 4) is 0 Å². The van der Waals surface area contributed by atoms with Gasteiger partial charge in [0.25, 0.3) is 6.08 Å². The molecular formula is C16H20F2. The van der Waals surface area contributed by atoms with Crippen LogP contribution in [0.25, 0.3) is 0 Å². The lowest BCUT2D eigenvalue weighted by Crippen LogP contribution is -2.10. The number of allylic oxidation sites excluding steroid dienone is 1. The summed E-state index contributed by atoms with van der Waals surface area (Å²) in [6.45, 7) is 2.32. The lowest BCUT2D eigenvalue weighted by atomic mass is 9.79. The Hall–Kier alpha value is -1.18. The van der Waals surface area contributed by atoms with Crippen LogP contribution in [0.5, 0.6) is 0 Å². The Morgan fingerprint density at radius 1 is 1.11 bits per heavy atom. The summed E-state index contributed by atoms with van der Waals surface area (Å²) in [4.78, 5) is 0. The highest BCUT2D eigenvalue weighted by atomic mass is 19.3. The third kappa shape index (κ3) is 3.66. The van der Waals surface area contributed by atoms with Gasteiger partial charge in [-0.1, -0.05) is 44.0 Å². The summed E-state index contributed by atoms with van der Waals surface area (Å²) >= 11 is 0. The van der Waals surface area contributed by atoms with Gasteiger partial charge in [0.15, 0.2) is 0 Å². The van der Waals surface area contributed by atoms with Gasteiger partial charge in [-0.3, -0.25) is 0 Å². The van der Waals surface area contributed by atoms with E-state index in [1.807, 2.05) is 12.1 Å². The summed E-state index contributed by atoms with van der Waals surface area (Å²) < 4.78 is 24.0. The minimum absolute atomic E-state index is 0.324. The maximum atomic E-state index is 12.0. The molecule has 2 rings (SSSR count). The summed E-state index contributed by atoms with van der Waals surface area (Å²) in [7, 11) is 0. The van der Waals surface area contributed by atoms with Crippen LogP contribution >= 0.6 is 0 Å². The van der Waals surface area contributed by atoms with E-state index in [1.54, 1.807) is 0 Å². The van der Waals surface area contributed by atoms with Crippen molar-refractivity contribution >= 4 is 0 Å². The number of halogens is 2. The molecule has 98 valence electrons. The Bertz CT molecular complexity index is 394. The minimum Gasteiger partial charge on any atom is -0.174 e. The van der Waals surface area contributed by atoms with Crippen LogP contribution in [0, 0.1) is 5.92 Å². The van der Waals surface area contributed by atoms with Gasteiger partial charge >= 0.3 is 0 Å². The molecule has 0 bridgehead atoms. The molecule has 0 atom stereocenters. The third-order valence-corrected chi connectivity index (χ3v) is 3.96. The molecular weight excluding hydrogens is 230 g/mol. The highest BCUT2D eigenvalue weighted by Gasteiger charge is 2.19. The minimum atomic E-state index is -1.60. The van der Waals surface area contributed by atoms with Gasteiger partial charge in [-0.15, -0.1) is 0 Å². The Morgan fingerprint density at radius 2 is 1.72 bits per heavy atom. The van der Waals surface area contributed by atoms with Crippen LogP contribution in [0.3, 0.4) is 0 Å². The Balaban J connectivity index is 1.97. The quantitative estimate of drug-likeness (QED) is 0.682. The normalized spacial score (nSPS) is 23.7. The molecule has 0 N–H and O–H groups in total. The fraction of sp³-hybridized carbons (Fsp3) is 0.500. The molecule has 1 aromatic rings. The molecule has 0 amide bonds. The fourth-order valence-corrected chi connectivity index (χ4v) is 2.71. The van der Waals surface area contributed by atoms with Crippen molar-refractivity contribution in [1.82, 2.24) is 0 Å². The highest BCUT2D eigenvalue weighted by Crippen LogP contribution is 2.35. The summed E-state index contributed by atoms with van der Waals surface area (Å²) in [5.74, 6) is 1.53. The average Bonchev–Trinajstić information content (AvgIpc) is 2.38. The van der Waals surface area contributed by atoms with E-state index in [4.69, 9.17) is 0 Å². The second-order valence-electron chi connectivity index (χ2n) is 5.40. The van der Waals surface area contributed by atoms with E-state index in [1.165, 1.54) is 31.2 Å². The van der Waals surface area contributed by atoms with Gasteiger partial charge in [0.1, 0.15) is 0 Å². The van der Waals surface area contributed by atoms with Crippen molar-refractivity contribution in [3.63, 3.8) is 0 Å². The van der Waals surface area contributed by atoms with E-state index in [0.717, 1.165) is 17.6 Å². The van der Waals surface area contributed by atoms with E-state index in [9.17, 15) is 8.78 Å². The average molecular weight is 250 g/mol. The smallest absolute Gasteiger partial charge is 0.174 e. The third-order valence-electron chi connectivity index (χ3n) is 3.96. The molecule has 0 radical (unpaired) electrons. The van der Waals surface area contributed by atoms with Crippen LogP contribution in [-0.4, -0.2) is 0 Å². The Labute approximate surface area is 108 Å². The lowest BCUT2D eigenvalue weighted by molar-refractivity contribution is 0.348. The maximum Gasteiger partial charge on any atom is 0.266 e. The monoisotopic (exact) mass is 250 g/mol. The predicted octanol–water partition coefficient (Wildman–Crippen LogP) is 5.30. The number of benzene rings is 1. The van der Waals surface area contributed by atoms with Gasteiger partial charge < -0.3 is 0 Å². The van der Waals surface area contributed by atoms with Crippen molar-refractivity contribution in [2.75, 3.05) is 0 Å². The second-order valence-corrected chi connectivity index (χ2v) is 5.40. The molecule has 1 aliphatic rings. The van der Waals surface area contributed by atoms with Crippen LogP contribution in [0.2, 0.25) is 0 Å². The van der Waals surface area contributed by atoms with Crippen LogP contribution in [-0.2, 0) is 6.42 Å². The summed E-state index contributed by atoms with van der Waals surface area (Å²) in [5, 5.41) is 0. The largest absolute Gasteiger partial charge is 0.266 e. The van der Waals surface area contributed by atoms with Gasteiger partial charge in [-0.05, 0) is 48.3 Å². The van der Waals surface area contributed by atoms with Crippen molar-refractivity contribution in [2.45, 2.75) is 44.9 Å². The first-order chi connectivity index (χ1) is 8.65. The molecule has 1 fully saturated rings. The Kier molecular flexibility index (Phi) is 4.51. The van der Waals surface area contributed by atoms with Crippen LogP contribution in [0.4, 0.5) is 8.78 Å². The lowest BCUT2D eigenvalue weighted by Gasteiger charge is -2.26. The summed E-state index contributed by atoms with van der Waals surface area (Å²) in [6.07, 6.45) is 4.84. The number of hydrogen-bond acceptors (Lipinski definition) is 0. The maximum absolute atomic E-state index is 12.0. The standard InChI is InChI=1S/C16H20F2/c1-12-2-7-14(8-3-12)15-9-4-13(5-10-15)6-11-16(17)18/h4-5,9-12,14H,2-3,6-8H2,1H3. The molecule has 0 spiro atoms. The van der Waals surface area contributed by atoms with Crippen LogP contribution < -0.4 is 0 Å². The van der Waals surface area contributed by atoms with E-state index >= 15 is 0 Å². The molecule has 0 unspecified atom stereocenters. The SMILES string of the molecule is CC1CCC(c2ccc(CC=C(F)F)cc2)CC1. The summed E-state index contributed by atoms with van der Waals surface area (Å²) in [5.41, 5.74) is 2.33.